The molecule has 5 heteroatoms. The molecular weight excluding hydrogens is 391 g/mol. The average Bonchev–Trinajstić information content (AvgIpc) is 3.50. The summed E-state index contributed by atoms with van der Waals surface area (Å²) in [6, 6.07) is 12.8. The second-order valence-electron chi connectivity index (χ2n) is 9.69. The molecular formula is C26H27FN2O2. The number of aromatic amines is 1. The number of aromatic nitrogens is 1. The van der Waals surface area contributed by atoms with Crippen LogP contribution in [-0.4, -0.2) is 22.3 Å². The lowest BCUT2D eigenvalue weighted by atomic mass is 9.68. The molecule has 1 saturated carbocycles. The summed E-state index contributed by atoms with van der Waals surface area (Å²) in [6.07, 6.45) is 3.83. The lowest BCUT2D eigenvalue weighted by Crippen LogP contribution is -2.44. The number of hydrogen-bond acceptors (Lipinski definition) is 3. The van der Waals surface area contributed by atoms with Gasteiger partial charge in [-0.3, -0.25) is 0 Å². The van der Waals surface area contributed by atoms with Gasteiger partial charge in [-0.1, -0.05) is 6.92 Å². The number of ether oxygens (including phenoxy) is 1. The number of hydrogen-bond donors (Lipinski definition) is 2. The zero-order valence-corrected chi connectivity index (χ0v) is 18.0. The van der Waals surface area contributed by atoms with E-state index < -0.39 is 5.60 Å². The summed E-state index contributed by atoms with van der Waals surface area (Å²) in [7, 11) is 0. The molecule has 1 aliphatic carbocycles. The standard InChI is InChI=1S/C26H27FN2O2/c1-16-9-17(14-28)10-23-21(16)12-20(29-23)13-26(30,18-3-4-18)15-25(2)7-8-31-24-6-5-19(27)11-22(24)25/h5-6,9-12,18,29-30H,3-4,7-8,13,15H2,1-2H3. The lowest BCUT2D eigenvalue weighted by Gasteiger charge is -2.42. The van der Waals surface area contributed by atoms with Gasteiger partial charge in [0.15, 0.2) is 0 Å². The molecule has 1 aromatic heterocycles. The van der Waals surface area contributed by atoms with Gasteiger partial charge in [0.25, 0.3) is 0 Å². The number of H-pyrrole nitrogens is 1. The van der Waals surface area contributed by atoms with E-state index in [0.717, 1.165) is 52.7 Å². The second kappa shape index (κ2) is 7.10. The minimum atomic E-state index is -0.886. The summed E-state index contributed by atoms with van der Waals surface area (Å²) in [5.74, 6) is 0.690. The number of halogens is 1. The summed E-state index contributed by atoms with van der Waals surface area (Å²) < 4.78 is 19.8. The van der Waals surface area contributed by atoms with E-state index >= 15 is 0 Å². The maximum Gasteiger partial charge on any atom is 0.123 e. The fourth-order valence-electron chi connectivity index (χ4n) is 5.42. The third-order valence-corrected chi connectivity index (χ3v) is 7.16. The van der Waals surface area contributed by atoms with Crippen LogP contribution in [0.5, 0.6) is 5.75 Å². The van der Waals surface area contributed by atoms with Gasteiger partial charge in [0.2, 0.25) is 0 Å². The zero-order chi connectivity index (χ0) is 21.8. The minimum absolute atomic E-state index is 0.242. The number of aryl methyl sites for hydroxylation is 1. The number of aliphatic hydroxyl groups is 1. The van der Waals surface area contributed by atoms with Crippen LogP contribution >= 0.6 is 0 Å². The Hall–Kier alpha value is -2.84. The van der Waals surface area contributed by atoms with Crippen LogP contribution in [0.2, 0.25) is 0 Å². The number of nitrogens with one attached hydrogen (secondary N) is 1. The molecule has 0 bridgehead atoms. The predicted octanol–water partition coefficient (Wildman–Crippen LogP) is 5.30. The van der Waals surface area contributed by atoms with Crippen LogP contribution < -0.4 is 4.74 Å². The molecule has 2 atom stereocenters. The topological polar surface area (TPSA) is 69.0 Å². The second-order valence-corrected chi connectivity index (χ2v) is 9.69. The number of nitrogens with zero attached hydrogens (tertiary/aromatic N) is 1. The summed E-state index contributed by atoms with van der Waals surface area (Å²) in [5, 5.41) is 22.3. The monoisotopic (exact) mass is 418 g/mol. The van der Waals surface area contributed by atoms with Crippen LogP contribution in [-0.2, 0) is 11.8 Å². The first-order valence-corrected chi connectivity index (χ1v) is 11.0. The normalized spacial score (nSPS) is 22.4. The van der Waals surface area contributed by atoms with Crippen LogP contribution in [0.1, 0.15) is 55.0 Å². The molecule has 2 aromatic carbocycles. The van der Waals surface area contributed by atoms with Crippen molar-refractivity contribution in [1.29, 1.82) is 5.26 Å². The largest absolute Gasteiger partial charge is 0.493 e. The lowest BCUT2D eigenvalue weighted by molar-refractivity contribution is -0.0169. The van der Waals surface area contributed by atoms with E-state index in [1.54, 1.807) is 12.1 Å². The average molecular weight is 419 g/mol. The third kappa shape index (κ3) is 3.59. The van der Waals surface area contributed by atoms with Crippen molar-refractivity contribution in [3.63, 3.8) is 0 Å². The smallest absolute Gasteiger partial charge is 0.123 e. The summed E-state index contributed by atoms with van der Waals surface area (Å²) >= 11 is 0. The minimum Gasteiger partial charge on any atom is -0.493 e. The first kappa shape index (κ1) is 20.1. The molecule has 0 radical (unpaired) electrons. The van der Waals surface area contributed by atoms with Crippen LogP contribution in [0.15, 0.2) is 36.4 Å². The highest BCUT2D eigenvalue weighted by atomic mass is 19.1. The Kier molecular flexibility index (Phi) is 4.60. The molecule has 5 rings (SSSR count). The molecule has 0 saturated heterocycles. The Labute approximate surface area is 181 Å². The van der Waals surface area contributed by atoms with E-state index in [1.165, 1.54) is 6.07 Å². The summed E-state index contributed by atoms with van der Waals surface area (Å²) in [5.41, 5.74) is 3.18. The highest BCUT2D eigenvalue weighted by Gasteiger charge is 2.49. The molecule has 0 spiro atoms. The van der Waals surface area contributed by atoms with Crippen molar-refractivity contribution in [2.75, 3.05) is 6.61 Å². The number of fused-ring (bicyclic) bond motifs is 2. The molecule has 3 aromatic rings. The van der Waals surface area contributed by atoms with E-state index in [2.05, 4.69) is 24.0 Å². The number of nitriles is 1. The molecule has 1 aliphatic heterocycles. The van der Waals surface area contributed by atoms with Crippen LogP contribution in [0.25, 0.3) is 10.9 Å². The van der Waals surface area contributed by atoms with Gasteiger partial charge in [-0.15, -0.1) is 0 Å². The van der Waals surface area contributed by atoms with Crippen LogP contribution in [0.4, 0.5) is 4.39 Å². The van der Waals surface area contributed by atoms with Crippen molar-refractivity contribution in [2.45, 2.75) is 57.0 Å². The van der Waals surface area contributed by atoms with Crippen LogP contribution in [0, 0.1) is 30.0 Å². The molecule has 2 heterocycles. The predicted molar refractivity (Wildman–Crippen MR) is 118 cm³/mol. The van der Waals surface area contributed by atoms with Gasteiger partial charge in [0.1, 0.15) is 11.6 Å². The van der Waals surface area contributed by atoms with E-state index in [4.69, 9.17) is 4.74 Å². The molecule has 1 fully saturated rings. The molecule has 0 amide bonds. The van der Waals surface area contributed by atoms with E-state index in [0.29, 0.717) is 25.0 Å². The Morgan fingerprint density at radius 1 is 1.29 bits per heavy atom. The molecule has 2 N–H and O–H groups in total. The van der Waals surface area contributed by atoms with Gasteiger partial charge < -0.3 is 14.8 Å². The first-order chi connectivity index (χ1) is 14.8. The fourth-order valence-corrected chi connectivity index (χ4v) is 5.42. The SMILES string of the molecule is Cc1cc(C#N)cc2[nH]c(CC(O)(CC3(C)CCOc4ccc(F)cc43)C3CC3)cc12. The molecule has 160 valence electrons. The third-order valence-electron chi connectivity index (χ3n) is 7.16. The summed E-state index contributed by atoms with van der Waals surface area (Å²) in [4.78, 5) is 3.43. The van der Waals surface area contributed by atoms with Crippen LogP contribution in [0.3, 0.4) is 0 Å². The zero-order valence-electron chi connectivity index (χ0n) is 18.0. The quantitative estimate of drug-likeness (QED) is 0.591. The first-order valence-electron chi connectivity index (χ1n) is 11.0. The van der Waals surface area contributed by atoms with Crippen molar-refractivity contribution in [3.05, 3.63) is 64.6 Å². The number of benzene rings is 2. The van der Waals surface area contributed by atoms with Gasteiger partial charge in [-0.2, -0.15) is 5.26 Å². The van der Waals surface area contributed by atoms with Gasteiger partial charge >= 0.3 is 0 Å². The van der Waals surface area contributed by atoms with Gasteiger partial charge in [-0.25, -0.2) is 4.39 Å². The summed E-state index contributed by atoms with van der Waals surface area (Å²) in [6.45, 7) is 4.69. The Morgan fingerprint density at radius 2 is 2.10 bits per heavy atom. The highest BCUT2D eigenvalue weighted by molar-refractivity contribution is 5.85. The Balaban J connectivity index is 1.49. The molecule has 4 nitrogen and oxygen atoms in total. The van der Waals surface area contributed by atoms with Crippen molar-refractivity contribution < 1.29 is 14.2 Å². The van der Waals surface area contributed by atoms with Crippen molar-refractivity contribution in [2.24, 2.45) is 5.92 Å². The van der Waals surface area contributed by atoms with Gasteiger partial charge in [0, 0.05) is 34.0 Å². The number of rotatable bonds is 5. The van der Waals surface area contributed by atoms with Crippen molar-refractivity contribution >= 4 is 10.9 Å². The van der Waals surface area contributed by atoms with E-state index in [-0.39, 0.29) is 17.2 Å². The van der Waals surface area contributed by atoms with Crippen molar-refractivity contribution in [1.82, 2.24) is 4.98 Å². The molecule has 2 aliphatic rings. The maximum atomic E-state index is 14.1. The van der Waals surface area contributed by atoms with Crippen molar-refractivity contribution in [3.8, 4) is 11.8 Å². The van der Waals surface area contributed by atoms with E-state index in [9.17, 15) is 14.8 Å². The Morgan fingerprint density at radius 3 is 2.84 bits per heavy atom. The van der Waals surface area contributed by atoms with E-state index in [1.807, 2.05) is 19.1 Å². The fraction of sp³-hybridized carbons (Fsp3) is 0.423. The van der Waals surface area contributed by atoms with Gasteiger partial charge in [0.05, 0.1) is 23.8 Å². The maximum absolute atomic E-state index is 14.1. The van der Waals surface area contributed by atoms with Gasteiger partial charge in [-0.05, 0) is 80.5 Å². The molecule has 2 unspecified atom stereocenters. The molecule has 31 heavy (non-hydrogen) atoms. The highest BCUT2D eigenvalue weighted by Crippen LogP contribution is 2.51. The Bertz CT molecular complexity index is 1210.